The fourth-order valence-electron chi connectivity index (χ4n) is 3.15. The maximum atomic E-state index is 6.28. The van der Waals surface area contributed by atoms with Crippen molar-refractivity contribution >= 4 is 11.6 Å². The van der Waals surface area contributed by atoms with E-state index in [0.29, 0.717) is 6.04 Å². The first kappa shape index (κ1) is 13.7. The minimum absolute atomic E-state index is 0.400. The van der Waals surface area contributed by atoms with Gasteiger partial charge in [-0.1, -0.05) is 35.0 Å². The minimum Gasteiger partial charge on any atom is -0.361 e. The number of nitrogens with zero attached hydrogens (tertiary/aromatic N) is 2. The van der Waals surface area contributed by atoms with Crippen LogP contribution in [-0.4, -0.2) is 16.6 Å². The van der Waals surface area contributed by atoms with Crippen LogP contribution < -0.4 is 0 Å². The van der Waals surface area contributed by atoms with Gasteiger partial charge in [0.25, 0.3) is 0 Å². The number of benzene rings is 1. The Balaban J connectivity index is 1.85. The van der Waals surface area contributed by atoms with E-state index in [1.807, 2.05) is 32.0 Å². The van der Waals surface area contributed by atoms with E-state index < -0.39 is 0 Å². The molecule has 0 radical (unpaired) electrons. The van der Waals surface area contributed by atoms with Gasteiger partial charge in [0.15, 0.2) is 0 Å². The maximum absolute atomic E-state index is 6.28. The van der Waals surface area contributed by atoms with Gasteiger partial charge in [-0.15, -0.1) is 0 Å². The van der Waals surface area contributed by atoms with Gasteiger partial charge in [-0.25, -0.2) is 0 Å². The summed E-state index contributed by atoms with van der Waals surface area (Å²) in [4.78, 5) is 2.48. The smallest absolute Gasteiger partial charge is 0.138 e. The van der Waals surface area contributed by atoms with Crippen molar-refractivity contribution in [2.24, 2.45) is 0 Å². The molecule has 3 nitrogen and oxygen atoms in total. The van der Waals surface area contributed by atoms with E-state index in [2.05, 4.69) is 16.1 Å². The van der Waals surface area contributed by atoms with E-state index >= 15 is 0 Å². The Kier molecular flexibility index (Phi) is 3.81. The first-order chi connectivity index (χ1) is 9.66. The Morgan fingerprint density at radius 2 is 2.15 bits per heavy atom. The standard InChI is InChI=1S/C16H19ClN2O/c1-11-16(12(2)20-18-11)15-8-5-9-19(15)10-13-6-3-4-7-14(13)17/h3-4,6-7,15H,5,8-10H2,1-2H3. The van der Waals surface area contributed by atoms with Gasteiger partial charge in [0.1, 0.15) is 5.76 Å². The molecule has 4 heteroatoms. The highest BCUT2D eigenvalue weighted by atomic mass is 35.5. The predicted molar refractivity (Wildman–Crippen MR) is 79.8 cm³/mol. The normalized spacial score (nSPS) is 19.6. The van der Waals surface area contributed by atoms with Crippen molar-refractivity contribution in [3.05, 3.63) is 51.9 Å². The van der Waals surface area contributed by atoms with Crippen LogP contribution in [0.2, 0.25) is 5.02 Å². The van der Waals surface area contributed by atoms with Crippen LogP contribution >= 0.6 is 11.6 Å². The second-order valence-electron chi connectivity index (χ2n) is 5.46. The van der Waals surface area contributed by atoms with Crippen LogP contribution in [0.1, 0.15) is 41.5 Å². The topological polar surface area (TPSA) is 29.3 Å². The van der Waals surface area contributed by atoms with Crippen LogP contribution in [0.25, 0.3) is 0 Å². The van der Waals surface area contributed by atoms with Crippen molar-refractivity contribution in [2.75, 3.05) is 6.54 Å². The molecular weight excluding hydrogens is 272 g/mol. The summed E-state index contributed by atoms with van der Waals surface area (Å²) in [5.74, 6) is 0.943. The SMILES string of the molecule is Cc1noc(C)c1C1CCCN1Cc1ccccc1Cl. The third-order valence-corrected chi connectivity index (χ3v) is 4.49. The zero-order valence-electron chi connectivity index (χ0n) is 11.9. The van der Waals surface area contributed by atoms with Crippen LogP contribution in [0, 0.1) is 13.8 Å². The average Bonchev–Trinajstić information content (AvgIpc) is 2.99. The average molecular weight is 291 g/mol. The Morgan fingerprint density at radius 3 is 2.85 bits per heavy atom. The molecule has 0 spiro atoms. The van der Waals surface area contributed by atoms with Crippen molar-refractivity contribution in [3.63, 3.8) is 0 Å². The van der Waals surface area contributed by atoms with Crippen LogP contribution in [0.3, 0.4) is 0 Å². The first-order valence-electron chi connectivity index (χ1n) is 7.07. The van der Waals surface area contributed by atoms with Crippen LogP contribution in [-0.2, 0) is 6.54 Å². The van der Waals surface area contributed by atoms with E-state index in [4.69, 9.17) is 16.1 Å². The quantitative estimate of drug-likeness (QED) is 0.845. The maximum Gasteiger partial charge on any atom is 0.138 e. The molecule has 0 saturated carbocycles. The summed E-state index contributed by atoms with van der Waals surface area (Å²) >= 11 is 6.28. The van der Waals surface area contributed by atoms with Crippen LogP contribution in [0.4, 0.5) is 0 Å². The van der Waals surface area contributed by atoms with E-state index in [0.717, 1.165) is 36.0 Å². The van der Waals surface area contributed by atoms with Crippen molar-refractivity contribution < 1.29 is 4.52 Å². The number of likely N-dealkylation sites (tertiary alicyclic amines) is 1. The molecule has 106 valence electrons. The molecule has 0 amide bonds. The minimum atomic E-state index is 0.400. The van der Waals surface area contributed by atoms with Gasteiger partial charge in [0.2, 0.25) is 0 Å². The molecule has 0 N–H and O–H groups in total. The third kappa shape index (κ3) is 2.48. The summed E-state index contributed by atoms with van der Waals surface area (Å²) in [7, 11) is 0. The molecule has 2 heterocycles. The van der Waals surface area contributed by atoms with E-state index in [1.165, 1.54) is 17.5 Å². The predicted octanol–water partition coefficient (Wildman–Crippen LogP) is 4.28. The highest BCUT2D eigenvalue weighted by molar-refractivity contribution is 6.31. The van der Waals surface area contributed by atoms with Crippen molar-refractivity contribution in [1.29, 1.82) is 0 Å². The molecule has 1 aliphatic heterocycles. The third-order valence-electron chi connectivity index (χ3n) is 4.12. The summed E-state index contributed by atoms with van der Waals surface area (Å²) in [6, 6.07) is 8.48. The molecule has 0 aliphatic carbocycles. The van der Waals surface area contributed by atoms with Crippen LogP contribution in [0.5, 0.6) is 0 Å². The van der Waals surface area contributed by atoms with Gasteiger partial charge < -0.3 is 4.52 Å². The molecule has 1 aliphatic rings. The van der Waals surface area contributed by atoms with E-state index in [-0.39, 0.29) is 0 Å². The molecule has 20 heavy (non-hydrogen) atoms. The largest absolute Gasteiger partial charge is 0.361 e. The Labute approximate surface area is 124 Å². The van der Waals surface area contributed by atoms with Gasteiger partial charge in [0, 0.05) is 23.2 Å². The number of hydrogen-bond acceptors (Lipinski definition) is 3. The lowest BCUT2D eigenvalue weighted by Gasteiger charge is -2.25. The Hall–Kier alpha value is -1.32. The zero-order chi connectivity index (χ0) is 14.1. The number of aromatic nitrogens is 1. The van der Waals surface area contributed by atoms with E-state index in [1.54, 1.807) is 0 Å². The molecule has 1 aromatic carbocycles. The number of hydrogen-bond donors (Lipinski definition) is 0. The zero-order valence-corrected chi connectivity index (χ0v) is 12.7. The second kappa shape index (κ2) is 5.58. The number of halogens is 1. The summed E-state index contributed by atoms with van der Waals surface area (Å²) < 4.78 is 5.33. The molecule has 1 fully saturated rings. The molecule has 2 aromatic rings. The van der Waals surface area contributed by atoms with Gasteiger partial charge in [-0.3, -0.25) is 4.90 Å². The van der Waals surface area contributed by atoms with Gasteiger partial charge in [-0.2, -0.15) is 0 Å². The fourth-order valence-corrected chi connectivity index (χ4v) is 3.35. The molecule has 1 saturated heterocycles. The lowest BCUT2D eigenvalue weighted by Crippen LogP contribution is -2.23. The van der Waals surface area contributed by atoms with Gasteiger partial charge in [0.05, 0.1) is 5.69 Å². The summed E-state index contributed by atoms with van der Waals surface area (Å²) in [5.41, 5.74) is 3.46. The number of rotatable bonds is 3. The summed E-state index contributed by atoms with van der Waals surface area (Å²) in [5, 5.41) is 4.94. The Morgan fingerprint density at radius 1 is 1.35 bits per heavy atom. The molecule has 1 aromatic heterocycles. The lowest BCUT2D eigenvalue weighted by atomic mass is 10.0. The first-order valence-corrected chi connectivity index (χ1v) is 7.45. The molecule has 0 bridgehead atoms. The Bertz CT molecular complexity index is 589. The number of aryl methyl sites for hydroxylation is 2. The highest BCUT2D eigenvalue weighted by Crippen LogP contribution is 2.37. The van der Waals surface area contributed by atoms with Gasteiger partial charge >= 0.3 is 0 Å². The highest BCUT2D eigenvalue weighted by Gasteiger charge is 2.30. The second-order valence-corrected chi connectivity index (χ2v) is 5.86. The molecule has 3 rings (SSSR count). The van der Waals surface area contributed by atoms with Crippen molar-refractivity contribution in [1.82, 2.24) is 10.1 Å². The summed E-state index contributed by atoms with van der Waals surface area (Å²) in [6.45, 7) is 6.01. The fraction of sp³-hybridized carbons (Fsp3) is 0.438. The van der Waals surface area contributed by atoms with Gasteiger partial charge in [-0.05, 0) is 44.9 Å². The van der Waals surface area contributed by atoms with Crippen LogP contribution in [0.15, 0.2) is 28.8 Å². The molecular formula is C16H19ClN2O. The molecule has 1 unspecified atom stereocenters. The lowest BCUT2D eigenvalue weighted by molar-refractivity contribution is 0.245. The monoisotopic (exact) mass is 290 g/mol. The van der Waals surface area contributed by atoms with Crippen molar-refractivity contribution in [2.45, 2.75) is 39.3 Å². The van der Waals surface area contributed by atoms with Crippen molar-refractivity contribution in [3.8, 4) is 0 Å². The molecule has 1 atom stereocenters. The summed E-state index contributed by atoms with van der Waals surface area (Å²) in [6.07, 6.45) is 2.37. The van der Waals surface area contributed by atoms with E-state index in [9.17, 15) is 0 Å².